The van der Waals surface area contributed by atoms with Crippen molar-refractivity contribution >= 4 is 28.5 Å². The van der Waals surface area contributed by atoms with Crippen LogP contribution in [-0.4, -0.2) is 64.4 Å². The Morgan fingerprint density at radius 1 is 1.03 bits per heavy atom. The van der Waals surface area contributed by atoms with Crippen LogP contribution in [0.1, 0.15) is 12.8 Å². The number of fused-ring (bicyclic) bond motifs is 5. The summed E-state index contributed by atoms with van der Waals surface area (Å²) in [5.74, 6) is 3.31. The fourth-order valence-corrected chi connectivity index (χ4v) is 5.47. The first-order valence-corrected chi connectivity index (χ1v) is 11.4. The number of nitrogens with zero attached hydrogens (tertiary/aromatic N) is 5. The van der Waals surface area contributed by atoms with Crippen LogP contribution in [-0.2, 0) is 4.79 Å². The highest BCUT2D eigenvalue weighted by Crippen LogP contribution is 2.43. The minimum atomic E-state index is 0.201. The molecular weight excluding hydrogens is 388 g/mol. The molecular formula is C24H28N6O. The van der Waals surface area contributed by atoms with Gasteiger partial charge in [-0.3, -0.25) is 14.1 Å². The molecule has 160 valence electrons. The summed E-state index contributed by atoms with van der Waals surface area (Å²) >= 11 is 0. The zero-order valence-electron chi connectivity index (χ0n) is 17.7. The summed E-state index contributed by atoms with van der Waals surface area (Å²) in [6, 6.07) is 10.2. The Balaban J connectivity index is 1.02. The van der Waals surface area contributed by atoms with E-state index in [-0.39, 0.29) is 11.8 Å². The summed E-state index contributed by atoms with van der Waals surface area (Å²) in [5.41, 5.74) is 2.06. The largest absolute Gasteiger partial charge is 0.355 e. The molecule has 0 spiro atoms. The van der Waals surface area contributed by atoms with Crippen molar-refractivity contribution in [2.24, 2.45) is 17.8 Å². The van der Waals surface area contributed by atoms with Crippen molar-refractivity contribution in [3.63, 3.8) is 0 Å². The smallest absolute Gasteiger partial charge is 0.236 e. The Morgan fingerprint density at radius 2 is 1.90 bits per heavy atom. The number of amides is 1. The number of imidazole rings is 1. The van der Waals surface area contributed by atoms with E-state index in [4.69, 9.17) is 4.98 Å². The van der Waals surface area contributed by atoms with E-state index >= 15 is 0 Å². The molecule has 2 fully saturated rings. The van der Waals surface area contributed by atoms with Crippen LogP contribution >= 0.6 is 0 Å². The van der Waals surface area contributed by atoms with E-state index in [2.05, 4.69) is 50.6 Å². The number of rotatable bonds is 5. The summed E-state index contributed by atoms with van der Waals surface area (Å²) in [7, 11) is 0. The van der Waals surface area contributed by atoms with E-state index in [1.54, 1.807) is 0 Å². The van der Waals surface area contributed by atoms with Gasteiger partial charge in [0, 0.05) is 51.4 Å². The number of carbonyl (C=O) groups is 1. The molecule has 3 atom stereocenters. The molecule has 1 amide bonds. The first-order chi connectivity index (χ1) is 15.2. The molecule has 1 saturated heterocycles. The normalized spacial score (nSPS) is 25.7. The molecule has 7 nitrogen and oxygen atoms in total. The molecule has 7 heteroatoms. The lowest BCUT2D eigenvalue weighted by Crippen LogP contribution is -2.49. The van der Waals surface area contributed by atoms with Gasteiger partial charge in [-0.2, -0.15) is 4.98 Å². The maximum atomic E-state index is 12.5. The highest BCUT2D eigenvalue weighted by molar-refractivity contribution is 5.80. The number of hydrogen-bond acceptors (Lipinski definition) is 5. The number of piperazine rings is 1. The molecule has 2 bridgehead atoms. The van der Waals surface area contributed by atoms with Crippen LogP contribution in [0.15, 0.2) is 48.7 Å². The van der Waals surface area contributed by atoms with Gasteiger partial charge in [-0.1, -0.05) is 24.3 Å². The molecule has 2 aliphatic carbocycles. The molecule has 0 radical (unpaired) electrons. The minimum absolute atomic E-state index is 0.201. The van der Waals surface area contributed by atoms with E-state index < -0.39 is 0 Å². The summed E-state index contributed by atoms with van der Waals surface area (Å²) in [6.07, 6.45) is 8.81. The predicted molar refractivity (Wildman–Crippen MR) is 121 cm³/mol. The van der Waals surface area contributed by atoms with Crippen LogP contribution in [0.5, 0.6) is 0 Å². The van der Waals surface area contributed by atoms with Crippen molar-refractivity contribution in [3.8, 4) is 0 Å². The van der Waals surface area contributed by atoms with Crippen LogP contribution < -0.4 is 10.2 Å². The fraction of sp³-hybridized carbons (Fsp3) is 0.458. The minimum Gasteiger partial charge on any atom is -0.355 e. The topological polar surface area (TPSA) is 65.8 Å². The van der Waals surface area contributed by atoms with Gasteiger partial charge in [0.1, 0.15) is 5.82 Å². The number of anilines is 1. The molecule has 1 aliphatic heterocycles. The summed E-state index contributed by atoms with van der Waals surface area (Å²) in [5, 5.41) is 3.18. The van der Waals surface area contributed by atoms with E-state index in [1.165, 1.54) is 6.42 Å². The van der Waals surface area contributed by atoms with Crippen molar-refractivity contribution in [1.82, 2.24) is 24.6 Å². The molecule has 1 saturated carbocycles. The standard InChI is InChI=1S/C24H28N6O/c31-23(19-16-17-5-6-18(19)15-17)25-8-10-28-11-13-29(14-12-28)22-7-9-30-21-4-2-1-3-20(21)26-24(30)27-22/h1-7,9,17-19H,8,10-16H2,(H,25,31). The first kappa shape index (κ1) is 18.8. The number of allylic oxidation sites excluding steroid dienone is 2. The van der Waals surface area contributed by atoms with Gasteiger partial charge < -0.3 is 10.2 Å². The van der Waals surface area contributed by atoms with Gasteiger partial charge >= 0.3 is 0 Å². The fourth-order valence-electron chi connectivity index (χ4n) is 5.47. The quantitative estimate of drug-likeness (QED) is 0.647. The molecule has 31 heavy (non-hydrogen) atoms. The molecule has 1 N–H and O–H groups in total. The maximum Gasteiger partial charge on any atom is 0.236 e. The highest BCUT2D eigenvalue weighted by Gasteiger charge is 2.39. The van der Waals surface area contributed by atoms with Crippen molar-refractivity contribution in [1.29, 1.82) is 0 Å². The van der Waals surface area contributed by atoms with Crippen LogP contribution in [0, 0.1) is 17.8 Å². The summed E-state index contributed by atoms with van der Waals surface area (Å²) < 4.78 is 2.05. The van der Waals surface area contributed by atoms with Gasteiger partial charge in [0.2, 0.25) is 11.7 Å². The van der Waals surface area contributed by atoms with Crippen LogP contribution in [0.4, 0.5) is 5.82 Å². The monoisotopic (exact) mass is 416 g/mol. The predicted octanol–water partition coefficient (Wildman–Crippen LogP) is 2.33. The number of para-hydroxylation sites is 2. The average Bonchev–Trinajstić information content (AvgIpc) is 3.53. The number of hydrogen-bond donors (Lipinski definition) is 1. The second kappa shape index (κ2) is 7.64. The second-order valence-electron chi connectivity index (χ2n) is 9.06. The molecule has 1 aromatic carbocycles. The molecule has 6 rings (SSSR count). The third-order valence-electron chi connectivity index (χ3n) is 7.20. The zero-order chi connectivity index (χ0) is 20.8. The van der Waals surface area contributed by atoms with Gasteiger partial charge in [-0.15, -0.1) is 0 Å². The lowest BCUT2D eigenvalue weighted by atomic mass is 9.93. The van der Waals surface area contributed by atoms with Crippen LogP contribution in [0.3, 0.4) is 0 Å². The lowest BCUT2D eigenvalue weighted by Gasteiger charge is -2.35. The third-order valence-corrected chi connectivity index (χ3v) is 7.20. The SMILES string of the molecule is O=C(NCCN1CCN(c2ccn3c(n2)nc2ccccc23)CC1)C1CC2C=CC1C2. The van der Waals surface area contributed by atoms with E-state index in [9.17, 15) is 4.79 Å². The van der Waals surface area contributed by atoms with E-state index in [1.807, 2.05) is 22.6 Å². The Hall–Kier alpha value is -2.93. The van der Waals surface area contributed by atoms with Crippen molar-refractivity contribution in [2.75, 3.05) is 44.2 Å². The Morgan fingerprint density at radius 3 is 2.71 bits per heavy atom. The van der Waals surface area contributed by atoms with Gasteiger partial charge in [-0.05, 0) is 42.9 Å². The molecule has 3 aliphatic rings. The van der Waals surface area contributed by atoms with Gasteiger partial charge in [0.05, 0.1) is 11.0 Å². The number of nitrogens with one attached hydrogen (secondary N) is 1. The van der Waals surface area contributed by atoms with E-state index in [0.717, 1.165) is 68.3 Å². The summed E-state index contributed by atoms with van der Waals surface area (Å²) in [6.45, 7) is 5.49. The van der Waals surface area contributed by atoms with Crippen molar-refractivity contribution in [2.45, 2.75) is 12.8 Å². The highest BCUT2D eigenvalue weighted by atomic mass is 16.1. The Kier molecular flexibility index (Phi) is 4.64. The molecule has 3 aromatic rings. The average molecular weight is 417 g/mol. The maximum absolute atomic E-state index is 12.5. The Labute approximate surface area is 181 Å². The Bertz CT molecular complexity index is 1150. The van der Waals surface area contributed by atoms with Crippen LogP contribution in [0.25, 0.3) is 16.8 Å². The lowest BCUT2D eigenvalue weighted by molar-refractivity contribution is -0.125. The number of carbonyl (C=O) groups excluding carboxylic acids is 1. The second-order valence-corrected chi connectivity index (χ2v) is 9.06. The van der Waals surface area contributed by atoms with Crippen molar-refractivity contribution in [3.05, 3.63) is 48.7 Å². The third kappa shape index (κ3) is 3.47. The van der Waals surface area contributed by atoms with Gasteiger partial charge in [0.15, 0.2) is 0 Å². The molecule has 3 heterocycles. The number of benzene rings is 1. The van der Waals surface area contributed by atoms with E-state index in [0.29, 0.717) is 11.8 Å². The van der Waals surface area contributed by atoms with Gasteiger partial charge in [0.25, 0.3) is 0 Å². The molecule has 2 aromatic heterocycles. The summed E-state index contributed by atoms with van der Waals surface area (Å²) in [4.78, 5) is 26.7. The van der Waals surface area contributed by atoms with Crippen LogP contribution in [0.2, 0.25) is 0 Å². The van der Waals surface area contributed by atoms with Gasteiger partial charge in [-0.25, -0.2) is 4.98 Å². The molecule has 3 unspecified atom stereocenters. The first-order valence-electron chi connectivity index (χ1n) is 11.4. The number of aromatic nitrogens is 3. The van der Waals surface area contributed by atoms with Crippen molar-refractivity contribution < 1.29 is 4.79 Å². The zero-order valence-corrected chi connectivity index (χ0v) is 17.7.